The van der Waals surface area contributed by atoms with Crippen molar-refractivity contribution in [3.8, 4) is 0 Å². The summed E-state index contributed by atoms with van der Waals surface area (Å²) in [6, 6.07) is 50.6. The van der Waals surface area contributed by atoms with E-state index in [4.69, 9.17) is 4.42 Å². The molecule has 0 amide bonds. The molecule has 0 saturated carbocycles. The molecule has 0 fully saturated rings. The summed E-state index contributed by atoms with van der Waals surface area (Å²) in [5.74, 6) is 0. The number of thiophene rings is 2. The number of nitrogens with zero attached hydrogens (tertiary/aromatic N) is 1. The largest absolute Gasteiger partial charge is 0.455 e. The SMILES string of the molecule is c1ccc2c(c1)ccc1c2oc2cccc(N(c3ccc4c(c3)sc3ccccc34)c3ccc4c(c3)sc3ccccc34)c21. The zero-order chi connectivity index (χ0) is 28.8. The molecule has 44 heavy (non-hydrogen) atoms. The first-order valence-corrected chi connectivity index (χ1v) is 16.4. The molecule has 10 aromatic rings. The fraction of sp³-hybridized carbons (Fsp3) is 0. The molecular formula is C40H23NOS2. The smallest absolute Gasteiger partial charge is 0.143 e. The van der Waals surface area contributed by atoms with E-state index in [0.717, 1.165) is 44.4 Å². The lowest BCUT2D eigenvalue weighted by molar-refractivity contribution is 0.672. The molecule has 7 aromatic carbocycles. The average Bonchev–Trinajstić information content (AvgIpc) is 3.76. The molecule has 4 heteroatoms. The molecule has 10 rings (SSSR count). The second-order valence-corrected chi connectivity index (χ2v) is 13.5. The molecule has 0 saturated heterocycles. The maximum atomic E-state index is 6.63. The van der Waals surface area contributed by atoms with E-state index in [0.29, 0.717) is 0 Å². The molecule has 0 aliphatic carbocycles. The molecule has 0 N–H and O–H groups in total. The fourth-order valence-corrected chi connectivity index (χ4v) is 9.13. The number of benzene rings is 7. The third kappa shape index (κ3) is 3.47. The standard InChI is InChI=1S/C40H23NOS2/c1-2-9-27-24(8-1)16-19-32-39-33(12-7-13-34(39)42-40(27)32)41(25-17-20-30-28-10-3-5-14-35(28)43-37(30)22-25)26-18-21-31-29-11-4-6-15-36(29)44-38(31)23-26/h1-23H. The summed E-state index contributed by atoms with van der Waals surface area (Å²) in [5, 5.41) is 9.80. The van der Waals surface area contributed by atoms with Gasteiger partial charge in [-0.15, -0.1) is 22.7 Å². The lowest BCUT2D eigenvalue weighted by Gasteiger charge is -2.26. The molecular weight excluding hydrogens is 575 g/mol. The Labute approximate surface area is 260 Å². The van der Waals surface area contributed by atoms with Crippen molar-refractivity contribution in [1.82, 2.24) is 0 Å². The summed E-state index contributed by atoms with van der Waals surface area (Å²) in [6.45, 7) is 0. The van der Waals surface area contributed by atoms with Crippen LogP contribution in [-0.4, -0.2) is 0 Å². The van der Waals surface area contributed by atoms with Crippen LogP contribution in [0.15, 0.2) is 144 Å². The first kappa shape index (κ1) is 24.3. The normalized spacial score (nSPS) is 12.1. The third-order valence-electron chi connectivity index (χ3n) is 8.85. The molecule has 0 aliphatic rings. The molecule has 0 bridgehead atoms. The van der Waals surface area contributed by atoms with Gasteiger partial charge in [0.15, 0.2) is 0 Å². The van der Waals surface area contributed by atoms with Gasteiger partial charge in [0.25, 0.3) is 0 Å². The number of fused-ring (bicyclic) bond motifs is 11. The number of furan rings is 1. The van der Waals surface area contributed by atoms with Gasteiger partial charge in [-0.1, -0.05) is 84.9 Å². The molecule has 3 heterocycles. The fourth-order valence-electron chi connectivity index (χ4n) is 6.86. The van der Waals surface area contributed by atoms with Gasteiger partial charge in [0.1, 0.15) is 11.2 Å². The van der Waals surface area contributed by atoms with Crippen LogP contribution in [0.4, 0.5) is 17.1 Å². The highest BCUT2D eigenvalue weighted by atomic mass is 32.1. The highest BCUT2D eigenvalue weighted by Gasteiger charge is 2.21. The van der Waals surface area contributed by atoms with E-state index in [1.54, 1.807) is 0 Å². The number of hydrogen-bond donors (Lipinski definition) is 0. The van der Waals surface area contributed by atoms with Crippen LogP contribution >= 0.6 is 22.7 Å². The molecule has 3 aromatic heterocycles. The summed E-state index contributed by atoms with van der Waals surface area (Å²) in [7, 11) is 0. The maximum absolute atomic E-state index is 6.63. The predicted octanol–water partition coefficient (Wildman–Crippen LogP) is 12.9. The van der Waals surface area contributed by atoms with Crippen LogP contribution in [0, 0.1) is 0 Å². The Morgan fingerprint density at radius 1 is 0.432 bits per heavy atom. The van der Waals surface area contributed by atoms with Crippen molar-refractivity contribution < 1.29 is 4.42 Å². The summed E-state index contributed by atoms with van der Waals surface area (Å²) < 4.78 is 11.8. The predicted molar refractivity (Wildman–Crippen MR) is 192 cm³/mol. The molecule has 0 radical (unpaired) electrons. The minimum atomic E-state index is 0.893. The van der Waals surface area contributed by atoms with Gasteiger partial charge in [0.2, 0.25) is 0 Å². The Kier molecular flexibility index (Phi) is 5.06. The van der Waals surface area contributed by atoms with Crippen molar-refractivity contribution in [2.75, 3.05) is 4.90 Å². The van der Waals surface area contributed by atoms with Gasteiger partial charge in [0.05, 0.1) is 11.1 Å². The van der Waals surface area contributed by atoms with Gasteiger partial charge in [-0.05, 0) is 60.0 Å². The maximum Gasteiger partial charge on any atom is 0.143 e. The Morgan fingerprint density at radius 3 is 1.68 bits per heavy atom. The van der Waals surface area contributed by atoms with Crippen molar-refractivity contribution in [3.05, 3.63) is 140 Å². The Balaban J connectivity index is 1.28. The van der Waals surface area contributed by atoms with Crippen molar-refractivity contribution in [1.29, 1.82) is 0 Å². The number of anilines is 3. The van der Waals surface area contributed by atoms with Gasteiger partial charge in [-0.3, -0.25) is 0 Å². The number of hydrogen-bond acceptors (Lipinski definition) is 4. The molecule has 0 spiro atoms. The minimum absolute atomic E-state index is 0.893. The van der Waals surface area contributed by atoms with Crippen LogP contribution < -0.4 is 4.90 Å². The summed E-state index contributed by atoms with van der Waals surface area (Å²) in [5.41, 5.74) is 5.20. The van der Waals surface area contributed by atoms with Crippen LogP contribution in [-0.2, 0) is 0 Å². The lowest BCUT2D eigenvalue weighted by Crippen LogP contribution is -2.10. The highest BCUT2D eigenvalue weighted by molar-refractivity contribution is 7.26. The van der Waals surface area contributed by atoms with Crippen LogP contribution in [0.1, 0.15) is 0 Å². The second kappa shape index (κ2) is 9.17. The summed E-state index contributed by atoms with van der Waals surface area (Å²) in [4.78, 5) is 2.42. The van der Waals surface area contributed by atoms with Crippen molar-refractivity contribution in [3.63, 3.8) is 0 Å². The average molecular weight is 598 g/mol. The van der Waals surface area contributed by atoms with Crippen molar-refractivity contribution in [2.24, 2.45) is 0 Å². The summed E-state index contributed by atoms with van der Waals surface area (Å²) >= 11 is 3.71. The van der Waals surface area contributed by atoms with E-state index in [9.17, 15) is 0 Å². The van der Waals surface area contributed by atoms with E-state index in [2.05, 4.69) is 144 Å². The van der Waals surface area contributed by atoms with Crippen LogP contribution in [0.2, 0.25) is 0 Å². The van der Waals surface area contributed by atoms with Crippen molar-refractivity contribution >= 4 is 113 Å². The van der Waals surface area contributed by atoms with Gasteiger partial charge < -0.3 is 9.32 Å². The van der Waals surface area contributed by atoms with Gasteiger partial charge in [-0.2, -0.15) is 0 Å². The first-order valence-electron chi connectivity index (χ1n) is 14.8. The van der Waals surface area contributed by atoms with Crippen LogP contribution in [0.25, 0.3) is 73.1 Å². The van der Waals surface area contributed by atoms with E-state index in [1.165, 1.54) is 45.7 Å². The highest BCUT2D eigenvalue weighted by Crippen LogP contribution is 2.47. The van der Waals surface area contributed by atoms with E-state index in [1.807, 2.05) is 22.7 Å². The quantitative estimate of drug-likeness (QED) is 0.201. The van der Waals surface area contributed by atoms with Gasteiger partial charge in [-0.25, -0.2) is 0 Å². The monoisotopic (exact) mass is 597 g/mol. The van der Waals surface area contributed by atoms with Gasteiger partial charge in [0, 0.05) is 62.5 Å². The van der Waals surface area contributed by atoms with Crippen molar-refractivity contribution in [2.45, 2.75) is 0 Å². The molecule has 0 unspecified atom stereocenters. The molecule has 206 valence electrons. The Morgan fingerprint density at radius 2 is 1.00 bits per heavy atom. The zero-order valence-corrected chi connectivity index (χ0v) is 25.1. The Bertz CT molecular complexity index is 2630. The van der Waals surface area contributed by atoms with Crippen LogP contribution in [0.3, 0.4) is 0 Å². The lowest BCUT2D eigenvalue weighted by atomic mass is 10.0. The summed E-state index contributed by atoms with van der Waals surface area (Å²) in [6.07, 6.45) is 0. The van der Waals surface area contributed by atoms with Crippen LogP contribution in [0.5, 0.6) is 0 Å². The first-order chi connectivity index (χ1) is 21.8. The molecule has 2 nitrogen and oxygen atoms in total. The second-order valence-electron chi connectivity index (χ2n) is 11.3. The third-order valence-corrected chi connectivity index (χ3v) is 11.1. The topological polar surface area (TPSA) is 16.4 Å². The van der Waals surface area contributed by atoms with Gasteiger partial charge >= 0.3 is 0 Å². The molecule has 0 atom stereocenters. The molecule has 0 aliphatic heterocycles. The van der Waals surface area contributed by atoms with E-state index in [-0.39, 0.29) is 0 Å². The van der Waals surface area contributed by atoms with E-state index < -0.39 is 0 Å². The number of rotatable bonds is 3. The minimum Gasteiger partial charge on any atom is -0.455 e. The zero-order valence-electron chi connectivity index (χ0n) is 23.5. The Hall–Kier alpha value is -5.16. The van der Waals surface area contributed by atoms with E-state index >= 15 is 0 Å².